The van der Waals surface area contributed by atoms with Gasteiger partial charge in [-0.1, -0.05) is 12.1 Å². The number of anilines is 2. The first-order valence-electron chi connectivity index (χ1n) is 13.6. The Kier molecular flexibility index (Phi) is 9.96. The highest BCUT2D eigenvalue weighted by atomic mass is 19.4. The number of aliphatic imine (C=N–C) groups is 1. The molecule has 1 fully saturated rings. The summed E-state index contributed by atoms with van der Waals surface area (Å²) in [5.41, 5.74) is 13.1. The van der Waals surface area contributed by atoms with Gasteiger partial charge in [0.05, 0.1) is 6.54 Å². The standard InChI is InChI=1S/C30H31F3N6O4/c1-20(42-25-13-15-26(16-14-25)43-30(31,32)33)28(41)39(24-11-9-23(10-12-24)38-17-3-2-4-18-38)19-21-5-7-22(8-6-21)27(40)36-29(34)37-35/h5-16,20,35H,2-4,17-19H2,1H3,(H2,34,36,40)/p+1. The molecule has 4 rings (SSSR count). The van der Waals surface area contributed by atoms with Crippen LogP contribution in [0.4, 0.5) is 24.5 Å². The van der Waals surface area contributed by atoms with E-state index in [9.17, 15) is 22.8 Å². The van der Waals surface area contributed by atoms with Crippen LogP contribution in [0.15, 0.2) is 82.9 Å². The fourth-order valence-corrected chi connectivity index (χ4v) is 4.62. The van der Waals surface area contributed by atoms with Gasteiger partial charge in [0.15, 0.2) is 6.10 Å². The van der Waals surface area contributed by atoms with Gasteiger partial charge in [0.1, 0.15) is 11.5 Å². The molecule has 0 aliphatic carbocycles. The van der Waals surface area contributed by atoms with Crippen LogP contribution in [0.1, 0.15) is 42.1 Å². The maximum atomic E-state index is 13.7. The molecule has 2 amide bonds. The Labute approximate surface area is 246 Å². The maximum Gasteiger partial charge on any atom is 0.573 e. The number of guanidine groups is 1. The number of nitrogens with zero attached hydrogens (tertiary/aromatic N) is 4. The Hall–Kier alpha value is -4.94. The van der Waals surface area contributed by atoms with Gasteiger partial charge in [-0.2, -0.15) is 4.99 Å². The second-order valence-corrected chi connectivity index (χ2v) is 9.87. The van der Waals surface area contributed by atoms with Crippen LogP contribution in [0.5, 0.6) is 11.5 Å². The van der Waals surface area contributed by atoms with E-state index in [1.165, 1.54) is 18.6 Å². The lowest BCUT2D eigenvalue weighted by Crippen LogP contribution is -2.40. The first-order valence-corrected chi connectivity index (χ1v) is 13.6. The molecule has 1 atom stereocenters. The predicted octanol–water partition coefficient (Wildman–Crippen LogP) is 4.24. The molecule has 1 saturated heterocycles. The molecule has 3 aromatic carbocycles. The van der Waals surface area contributed by atoms with Crippen molar-refractivity contribution in [2.24, 2.45) is 15.8 Å². The van der Waals surface area contributed by atoms with Crippen molar-refractivity contribution in [3.05, 3.63) is 83.9 Å². The summed E-state index contributed by atoms with van der Waals surface area (Å²) < 4.78 is 47.2. The molecule has 1 aliphatic rings. The summed E-state index contributed by atoms with van der Waals surface area (Å²) in [7, 11) is 0. The zero-order valence-corrected chi connectivity index (χ0v) is 23.5. The number of hydrogen-bond donors (Lipinski definition) is 2. The summed E-state index contributed by atoms with van der Waals surface area (Å²) in [6, 6.07) is 19.0. The molecule has 0 spiro atoms. The minimum Gasteiger partial charge on any atom is -0.481 e. The van der Waals surface area contributed by atoms with Crippen LogP contribution in [0.3, 0.4) is 0 Å². The number of ether oxygens (including phenoxy) is 2. The van der Waals surface area contributed by atoms with Gasteiger partial charge in [0.2, 0.25) is 0 Å². The first-order chi connectivity index (χ1) is 20.5. The number of hydrogen-bond acceptors (Lipinski definition) is 5. The summed E-state index contributed by atoms with van der Waals surface area (Å²) in [4.78, 5) is 33.4. The Morgan fingerprint density at radius 1 is 0.953 bits per heavy atom. The van der Waals surface area contributed by atoms with Crippen molar-refractivity contribution in [3.8, 4) is 11.5 Å². The van der Waals surface area contributed by atoms with Gasteiger partial charge in [0.25, 0.3) is 17.8 Å². The second kappa shape index (κ2) is 13.8. The Balaban J connectivity index is 1.54. The lowest BCUT2D eigenvalue weighted by Gasteiger charge is -2.30. The molecule has 4 N–H and O–H groups in total. The van der Waals surface area contributed by atoms with Gasteiger partial charge in [-0.25, -0.2) is 0 Å². The lowest BCUT2D eigenvalue weighted by atomic mass is 10.1. The van der Waals surface area contributed by atoms with Crippen LogP contribution in [0.2, 0.25) is 0 Å². The molecule has 10 nitrogen and oxygen atoms in total. The van der Waals surface area contributed by atoms with E-state index in [2.05, 4.69) is 19.7 Å². The fourth-order valence-electron chi connectivity index (χ4n) is 4.62. The minimum absolute atomic E-state index is 0.145. The quantitative estimate of drug-likeness (QED) is 0.215. The van der Waals surface area contributed by atoms with Crippen LogP contribution in [-0.4, -0.2) is 43.3 Å². The zero-order valence-electron chi connectivity index (χ0n) is 23.5. The molecule has 226 valence electrons. The molecule has 0 aromatic heterocycles. The van der Waals surface area contributed by atoms with E-state index >= 15 is 0 Å². The summed E-state index contributed by atoms with van der Waals surface area (Å²) >= 11 is 0. The highest BCUT2D eigenvalue weighted by Crippen LogP contribution is 2.28. The topological polar surface area (TPSA) is 135 Å². The van der Waals surface area contributed by atoms with E-state index in [0.29, 0.717) is 11.3 Å². The van der Waals surface area contributed by atoms with Crippen molar-refractivity contribution in [2.45, 2.75) is 45.2 Å². The third-order valence-corrected chi connectivity index (χ3v) is 6.76. The van der Waals surface area contributed by atoms with E-state index in [1.807, 2.05) is 24.3 Å². The molecule has 1 heterocycles. The fraction of sp³-hybridized carbons (Fsp3) is 0.300. The van der Waals surface area contributed by atoms with Crippen LogP contribution < -0.4 is 30.5 Å². The number of carbonyl (C=O) groups excluding carboxylic acids is 2. The third kappa shape index (κ3) is 8.77. The first kappa shape index (κ1) is 31.0. The molecule has 1 aliphatic heterocycles. The average molecular weight is 598 g/mol. The molecule has 1 unspecified atom stereocenters. The molecular weight excluding hydrogens is 565 g/mol. The molecule has 0 radical (unpaired) electrons. The normalized spacial score (nSPS) is 14.5. The van der Waals surface area contributed by atoms with Crippen molar-refractivity contribution in [2.75, 3.05) is 22.9 Å². The SMILES string of the molecule is CC(Oc1ccc(OC(F)(F)F)cc1)C(=O)N(Cc1ccc(C(=O)N=C(N)N=[NH2+])cc1)c1ccc(N2CCCCC2)cc1. The summed E-state index contributed by atoms with van der Waals surface area (Å²) in [6.07, 6.45) is -2.35. The third-order valence-electron chi connectivity index (χ3n) is 6.76. The van der Waals surface area contributed by atoms with Gasteiger partial charge in [-0.05, 0) is 92.4 Å². The highest BCUT2D eigenvalue weighted by molar-refractivity contribution is 6.02. The number of halogens is 3. The summed E-state index contributed by atoms with van der Waals surface area (Å²) in [5, 5.41) is 3.16. The maximum absolute atomic E-state index is 13.7. The Morgan fingerprint density at radius 2 is 1.56 bits per heavy atom. The monoisotopic (exact) mass is 597 g/mol. The minimum atomic E-state index is -4.82. The number of carbonyl (C=O) groups is 2. The molecule has 43 heavy (non-hydrogen) atoms. The molecular formula is C30H32F3N6O4+. The van der Waals surface area contributed by atoms with E-state index in [1.54, 1.807) is 36.1 Å². The van der Waals surface area contributed by atoms with Crippen LogP contribution >= 0.6 is 0 Å². The van der Waals surface area contributed by atoms with Gasteiger partial charge in [0, 0.05) is 35.1 Å². The number of benzene rings is 3. The van der Waals surface area contributed by atoms with Crippen LogP contribution in [-0.2, 0) is 11.3 Å². The average Bonchev–Trinajstić information content (AvgIpc) is 3.00. The number of rotatable bonds is 9. The number of nitrogens with two attached hydrogens (primary N) is 2. The van der Waals surface area contributed by atoms with E-state index in [4.69, 9.17) is 16.0 Å². The molecule has 13 heteroatoms. The lowest BCUT2D eigenvalue weighted by molar-refractivity contribution is -0.274. The van der Waals surface area contributed by atoms with Crippen molar-refractivity contribution < 1.29 is 37.8 Å². The molecule has 3 aromatic rings. The largest absolute Gasteiger partial charge is 0.573 e. The Morgan fingerprint density at radius 3 is 2.14 bits per heavy atom. The number of piperidine rings is 1. The second-order valence-electron chi connectivity index (χ2n) is 9.87. The van der Waals surface area contributed by atoms with E-state index in [0.717, 1.165) is 43.8 Å². The summed E-state index contributed by atoms with van der Waals surface area (Å²) in [6.45, 7) is 3.65. The molecule has 0 bridgehead atoms. The van der Waals surface area contributed by atoms with Crippen molar-refractivity contribution in [3.63, 3.8) is 0 Å². The zero-order chi connectivity index (χ0) is 31.0. The van der Waals surface area contributed by atoms with Gasteiger partial charge in [-0.15, -0.1) is 18.7 Å². The van der Waals surface area contributed by atoms with Crippen molar-refractivity contribution in [1.29, 1.82) is 0 Å². The number of alkyl halides is 3. The van der Waals surface area contributed by atoms with Crippen molar-refractivity contribution in [1.82, 2.24) is 0 Å². The van der Waals surface area contributed by atoms with E-state index in [-0.39, 0.29) is 29.7 Å². The van der Waals surface area contributed by atoms with Gasteiger partial charge < -0.3 is 25.0 Å². The van der Waals surface area contributed by atoms with Gasteiger partial charge in [-0.3, -0.25) is 9.59 Å². The van der Waals surface area contributed by atoms with Crippen molar-refractivity contribution >= 4 is 29.1 Å². The molecule has 0 saturated carbocycles. The summed E-state index contributed by atoms with van der Waals surface area (Å²) in [5.74, 6) is -1.56. The number of amides is 2. The smallest absolute Gasteiger partial charge is 0.481 e. The predicted molar refractivity (Wildman–Crippen MR) is 154 cm³/mol. The van der Waals surface area contributed by atoms with Gasteiger partial charge >= 0.3 is 6.36 Å². The Bertz CT molecular complexity index is 1440. The van der Waals surface area contributed by atoms with Crippen LogP contribution in [0.25, 0.3) is 0 Å². The van der Waals surface area contributed by atoms with Crippen LogP contribution in [0, 0.1) is 0 Å². The van der Waals surface area contributed by atoms with E-state index < -0.39 is 24.1 Å². The highest BCUT2D eigenvalue weighted by Gasteiger charge is 2.31.